The second kappa shape index (κ2) is 6.82. The molecule has 1 unspecified atom stereocenters. The standard InChI is InChI=1S/C16H17NO5/c18-13-7-4-8-14(19)12(13)9-10-17(15(20)16(21)22)11-5-2-1-3-6-11/h1-8,15,18-20H,9-10H2,(H,21,22). The number of aliphatic hydroxyl groups excluding tert-OH is 1. The van der Waals surface area contributed by atoms with Crippen LogP contribution in [0.5, 0.6) is 11.5 Å². The van der Waals surface area contributed by atoms with Gasteiger partial charge in [0.05, 0.1) is 0 Å². The van der Waals surface area contributed by atoms with E-state index < -0.39 is 12.2 Å². The van der Waals surface area contributed by atoms with Crippen molar-refractivity contribution >= 4 is 11.7 Å². The summed E-state index contributed by atoms with van der Waals surface area (Å²) in [6, 6.07) is 13.0. The minimum absolute atomic E-state index is 0.0715. The molecule has 0 spiro atoms. The summed E-state index contributed by atoms with van der Waals surface area (Å²) in [5, 5.41) is 38.4. The normalized spacial score (nSPS) is 11.9. The number of aliphatic carboxylic acids is 1. The highest BCUT2D eigenvalue weighted by atomic mass is 16.4. The van der Waals surface area contributed by atoms with Gasteiger partial charge in [0, 0.05) is 17.8 Å². The zero-order valence-corrected chi connectivity index (χ0v) is 11.8. The minimum atomic E-state index is -1.71. The lowest BCUT2D eigenvalue weighted by atomic mass is 10.1. The number of aromatic hydroxyl groups is 2. The molecular formula is C16H17NO5. The van der Waals surface area contributed by atoms with Crippen molar-refractivity contribution in [1.29, 1.82) is 0 Å². The van der Waals surface area contributed by atoms with Gasteiger partial charge >= 0.3 is 5.97 Å². The first-order chi connectivity index (χ1) is 10.5. The first-order valence-corrected chi connectivity index (χ1v) is 6.73. The Hall–Kier alpha value is -2.73. The summed E-state index contributed by atoms with van der Waals surface area (Å²) < 4.78 is 0. The number of phenolic OH excluding ortho intramolecular Hbond substituents is 2. The summed E-state index contributed by atoms with van der Waals surface area (Å²) in [7, 11) is 0. The van der Waals surface area contributed by atoms with Crippen molar-refractivity contribution in [2.24, 2.45) is 0 Å². The minimum Gasteiger partial charge on any atom is -0.508 e. The molecule has 0 fully saturated rings. The molecule has 6 heteroatoms. The zero-order valence-electron chi connectivity index (χ0n) is 11.8. The van der Waals surface area contributed by atoms with Gasteiger partial charge in [-0.1, -0.05) is 24.3 Å². The molecule has 2 rings (SSSR count). The number of carboxylic acid groups (broad SMARTS) is 1. The van der Waals surface area contributed by atoms with Crippen LogP contribution in [0.3, 0.4) is 0 Å². The molecular weight excluding hydrogens is 286 g/mol. The van der Waals surface area contributed by atoms with E-state index in [-0.39, 0.29) is 24.5 Å². The van der Waals surface area contributed by atoms with Crippen LogP contribution >= 0.6 is 0 Å². The predicted molar refractivity (Wildman–Crippen MR) is 80.9 cm³/mol. The fourth-order valence-electron chi connectivity index (χ4n) is 2.20. The molecule has 0 aliphatic carbocycles. The molecule has 0 amide bonds. The summed E-state index contributed by atoms with van der Waals surface area (Å²) in [5.41, 5.74) is 0.841. The number of anilines is 1. The fourth-order valence-corrected chi connectivity index (χ4v) is 2.20. The number of rotatable bonds is 6. The fraction of sp³-hybridized carbons (Fsp3) is 0.188. The molecule has 0 saturated carbocycles. The van der Waals surface area contributed by atoms with Gasteiger partial charge in [-0.2, -0.15) is 0 Å². The summed E-state index contributed by atoms with van der Waals surface area (Å²) in [6.45, 7) is 0.114. The Kier molecular flexibility index (Phi) is 4.85. The Labute approximate surface area is 127 Å². The van der Waals surface area contributed by atoms with E-state index in [0.29, 0.717) is 11.3 Å². The van der Waals surface area contributed by atoms with Crippen LogP contribution in [0.25, 0.3) is 0 Å². The van der Waals surface area contributed by atoms with Gasteiger partial charge in [-0.05, 0) is 30.7 Å². The molecule has 0 bridgehead atoms. The van der Waals surface area contributed by atoms with Gasteiger partial charge in [-0.25, -0.2) is 4.79 Å². The van der Waals surface area contributed by atoms with Gasteiger partial charge in [0.25, 0.3) is 0 Å². The Morgan fingerprint density at radius 3 is 2.14 bits per heavy atom. The predicted octanol–water partition coefficient (Wildman–Crippen LogP) is 1.55. The van der Waals surface area contributed by atoms with Crippen LogP contribution in [0.4, 0.5) is 5.69 Å². The monoisotopic (exact) mass is 303 g/mol. The summed E-state index contributed by atoms with van der Waals surface area (Å²) >= 11 is 0. The maximum Gasteiger partial charge on any atom is 0.354 e. The molecule has 0 aliphatic heterocycles. The molecule has 0 aliphatic rings. The lowest BCUT2D eigenvalue weighted by Crippen LogP contribution is -2.42. The van der Waals surface area contributed by atoms with Crippen LogP contribution in [-0.4, -0.2) is 39.2 Å². The molecule has 0 saturated heterocycles. The molecule has 2 aromatic rings. The number of nitrogens with zero attached hydrogens (tertiary/aromatic N) is 1. The average molecular weight is 303 g/mol. The highest BCUT2D eigenvalue weighted by molar-refractivity contribution is 5.76. The van der Waals surface area contributed by atoms with Crippen molar-refractivity contribution in [3.05, 3.63) is 54.1 Å². The molecule has 22 heavy (non-hydrogen) atoms. The first-order valence-electron chi connectivity index (χ1n) is 6.73. The maximum atomic E-state index is 11.1. The second-order valence-electron chi connectivity index (χ2n) is 4.77. The zero-order chi connectivity index (χ0) is 16.1. The highest BCUT2D eigenvalue weighted by Crippen LogP contribution is 2.27. The molecule has 0 heterocycles. The van der Waals surface area contributed by atoms with Crippen LogP contribution < -0.4 is 4.90 Å². The number of hydrogen-bond donors (Lipinski definition) is 4. The summed E-state index contributed by atoms with van der Waals surface area (Å²) in [4.78, 5) is 12.4. The van der Waals surface area contributed by atoms with Gasteiger partial charge < -0.3 is 25.3 Å². The largest absolute Gasteiger partial charge is 0.508 e. The SMILES string of the molecule is O=C(O)C(O)N(CCc1c(O)cccc1O)c1ccccc1. The van der Waals surface area contributed by atoms with E-state index in [9.17, 15) is 20.1 Å². The quantitative estimate of drug-likeness (QED) is 0.604. The van der Waals surface area contributed by atoms with Crippen molar-refractivity contribution in [3.63, 3.8) is 0 Å². The highest BCUT2D eigenvalue weighted by Gasteiger charge is 2.23. The lowest BCUT2D eigenvalue weighted by Gasteiger charge is -2.27. The van der Waals surface area contributed by atoms with E-state index >= 15 is 0 Å². The average Bonchev–Trinajstić information content (AvgIpc) is 2.50. The van der Waals surface area contributed by atoms with Gasteiger partial charge in [0.1, 0.15) is 11.5 Å². The lowest BCUT2D eigenvalue weighted by molar-refractivity contribution is -0.146. The number of aliphatic hydroxyl groups is 1. The van der Waals surface area contributed by atoms with E-state index in [2.05, 4.69) is 0 Å². The van der Waals surface area contributed by atoms with Crippen LogP contribution in [0, 0.1) is 0 Å². The van der Waals surface area contributed by atoms with Gasteiger partial charge in [-0.3, -0.25) is 0 Å². The molecule has 2 aromatic carbocycles. The van der Waals surface area contributed by atoms with Gasteiger partial charge in [-0.15, -0.1) is 0 Å². The Morgan fingerprint density at radius 2 is 1.59 bits per heavy atom. The van der Waals surface area contributed by atoms with Crippen molar-refractivity contribution in [2.45, 2.75) is 12.6 Å². The number of benzene rings is 2. The maximum absolute atomic E-state index is 11.1. The molecule has 6 nitrogen and oxygen atoms in total. The topological polar surface area (TPSA) is 101 Å². The van der Waals surface area contributed by atoms with Crippen molar-refractivity contribution < 1.29 is 25.2 Å². The number of phenols is 2. The van der Waals surface area contributed by atoms with Crippen LogP contribution in [-0.2, 0) is 11.2 Å². The Balaban J connectivity index is 2.22. The van der Waals surface area contributed by atoms with Crippen molar-refractivity contribution in [1.82, 2.24) is 0 Å². The summed E-state index contributed by atoms with van der Waals surface area (Å²) in [5.74, 6) is -1.51. The van der Waals surface area contributed by atoms with E-state index in [1.807, 2.05) is 0 Å². The molecule has 1 atom stereocenters. The van der Waals surface area contributed by atoms with E-state index in [1.54, 1.807) is 30.3 Å². The number of carbonyl (C=O) groups is 1. The van der Waals surface area contributed by atoms with Gasteiger partial charge in [0.2, 0.25) is 6.23 Å². The van der Waals surface area contributed by atoms with E-state index in [1.165, 1.54) is 23.1 Å². The summed E-state index contributed by atoms with van der Waals surface area (Å²) in [6.07, 6.45) is -1.53. The third-order valence-electron chi connectivity index (χ3n) is 3.33. The molecule has 0 aromatic heterocycles. The van der Waals surface area contributed by atoms with Crippen molar-refractivity contribution in [2.75, 3.05) is 11.4 Å². The number of hydrogen-bond acceptors (Lipinski definition) is 5. The van der Waals surface area contributed by atoms with E-state index in [0.717, 1.165) is 0 Å². The van der Waals surface area contributed by atoms with Crippen molar-refractivity contribution in [3.8, 4) is 11.5 Å². The van der Waals surface area contributed by atoms with Crippen LogP contribution in [0.1, 0.15) is 5.56 Å². The van der Waals surface area contributed by atoms with E-state index in [4.69, 9.17) is 5.11 Å². The third-order valence-corrected chi connectivity index (χ3v) is 3.33. The van der Waals surface area contributed by atoms with Crippen LogP contribution in [0.15, 0.2) is 48.5 Å². The Bertz CT molecular complexity index is 624. The third kappa shape index (κ3) is 3.48. The molecule has 4 N–H and O–H groups in total. The number of carboxylic acids is 1. The van der Waals surface area contributed by atoms with Gasteiger partial charge in [0.15, 0.2) is 0 Å². The number of para-hydroxylation sites is 1. The smallest absolute Gasteiger partial charge is 0.354 e. The molecule has 0 radical (unpaired) electrons. The molecule has 116 valence electrons. The Morgan fingerprint density at radius 1 is 1.00 bits per heavy atom. The first kappa shape index (κ1) is 15.7. The van der Waals surface area contributed by atoms with Crippen LogP contribution in [0.2, 0.25) is 0 Å². The second-order valence-corrected chi connectivity index (χ2v) is 4.77.